The molecule has 1 heterocycles. The minimum atomic E-state index is 0.105. The van der Waals surface area contributed by atoms with Crippen LogP contribution in [0.3, 0.4) is 0 Å². The molecule has 0 amide bonds. The van der Waals surface area contributed by atoms with E-state index >= 15 is 0 Å². The van der Waals surface area contributed by atoms with E-state index in [9.17, 15) is 0 Å². The smallest absolute Gasteiger partial charge is 0.138 e. The van der Waals surface area contributed by atoms with Crippen molar-refractivity contribution in [3.8, 4) is 5.75 Å². The summed E-state index contributed by atoms with van der Waals surface area (Å²) in [4.78, 5) is 4.35. The number of benzene rings is 1. The van der Waals surface area contributed by atoms with Crippen molar-refractivity contribution in [1.29, 1.82) is 0 Å². The quantitative estimate of drug-likeness (QED) is 0.831. The van der Waals surface area contributed by atoms with Crippen LogP contribution in [0, 0.1) is 0 Å². The van der Waals surface area contributed by atoms with E-state index in [4.69, 9.17) is 16.3 Å². The molecule has 0 saturated heterocycles. The molecule has 0 radical (unpaired) electrons. The Hall–Kier alpha value is -0.670. The van der Waals surface area contributed by atoms with Gasteiger partial charge in [-0.2, -0.15) is 0 Å². The van der Waals surface area contributed by atoms with E-state index in [0.29, 0.717) is 11.6 Å². The van der Waals surface area contributed by atoms with Crippen molar-refractivity contribution in [2.24, 2.45) is 4.99 Å². The number of thioether (sulfide) groups is 1. The summed E-state index contributed by atoms with van der Waals surface area (Å²) in [6.45, 7) is 7.94. The van der Waals surface area contributed by atoms with Crippen molar-refractivity contribution in [2.75, 3.05) is 18.9 Å². The van der Waals surface area contributed by atoms with Crippen LogP contribution in [0.1, 0.15) is 26.3 Å². The van der Waals surface area contributed by atoms with Gasteiger partial charge < -0.3 is 4.74 Å². The lowest BCUT2D eigenvalue weighted by molar-refractivity contribution is 0.379. The van der Waals surface area contributed by atoms with Crippen molar-refractivity contribution in [3.63, 3.8) is 0 Å². The number of ether oxygens (including phenoxy) is 1. The second-order valence-electron chi connectivity index (χ2n) is 5.31. The monoisotopic (exact) mass is 283 g/mol. The standard InChI is InChI=1S/C14H18ClNOS/c1-14(2,3)10-4-5-12(11(15)8-10)17-9-13-16-6-7-18-13/h4-5,8H,6-7,9H2,1-3H3. The van der Waals surface area contributed by atoms with E-state index in [2.05, 4.69) is 31.8 Å². The highest BCUT2D eigenvalue weighted by molar-refractivity contribution is 8.14. The maximum atomic E-state index is 6.25. The van der Waals surface area contributed by atoms with Crippen LogP contribution in [0.15, 0.2) is 23.2 Å². The first kappa shape index (κ1) is 13.8. The maximum absolute atomic E-state index is 6.25. The normalized spacial score (nSPS) is 15.7. The van der Waals surface area contributed by atoms with Gasteiger partial charge in [-0.15, -0.1) is 11.8 Å². The zero-order valence-corrected chi connectivity index (χ0v) is 12.6. The molecule has 98 valence electrons. The van der Waals surface area contributed by atoms with Crippen LogP contribution < -0.4 is 4.74 Å². The Morgan fingerprint density at radius 1 is 1.39 bits per heavy atom. The van der Waals surface area contributed by atoms with Crippen molar-refractivity contribution >= 4 is 28.4 Å². The van der Waals surface area contributed by atoms with Crippen LogP contribution >= 0.6 is 23.4 Å². The molecule has 2 rings (SSSR count). The van der Waals surface area contributed by atoms with Crippen molar-refractivity contribution in [1.82, 2.24) is 0 Å². The number of nitrogens with zero attached hydrogens (tertiary/aromatic N) is 1. The summed E-state index contributed by atoms with van der Waals surface area (Å²) >= 11 is 8.01. The molecule has 0 saturated carbocycles. The second kappa shape index (κ2) is 5.54. The topological polar surface area (TPSA) is 21.6 Å². The minimum Gasteiger partial charge on any atom is -0.485 e. The van der Waals surface area contributed by atoms with Crippen LogP contribution in [0.5, 0.6) is 5.75 Å². The number of halogens is 1. The molecular formula is C14H18ClNOS. The molecule has 1 aliphatic rings. The van der Waals surface area contributed by atoms with Crippen molar-refractivity contribution in [2.45, 2.75) is 26.2 Å². The van der Waals surface area contributed by atoms with Crippen LogP contribution in [0.2, 0.25) is 5.02 Å². The molecule has 0 spiro atoms. The highest BCUT2D eigenvalue weighted by Crippen LogP contribution is 2.31. The van der Waals surface area contributed by atoms with E-state index in [0.717, 1.165) is 23.1 Å². The van der Waals surface area contributed by atoms with E-state index in [1.54, 1.807) is 11.8 Å². The third kappa shape index (κ3) is 3.42. The number of aliphatic imine (C=N–C) groups is 1. The van der Waals surface area contributed by atoms with Gasteiger partial charge in [0, 0.05) is 12.3 Å². The van der Waals surface area contributed by atoms with Gasteiger partial charge in [-0.1, -0.05) is 38.4 Å². The first-order valence-corrected chi connectivity index (χ1v) is 7.42. The summed E-state index contributed by atoms with van der Waals surface area (Å²) in [6, 6.07) is 6.01. The SMILES string of the molecule is CC(C)(C)c1ccc(OCC2=NCCS2)c(Cl)c1. The number of hydrogen-bond acceptors (Lipinski definition) is 3. The highest BCUT2D eigenvalue weighted by atomic mass is 35.5. The van der Waals surface area contributed by atoms with Crippen LogP contribution in [0.25, 0.3) is 0 Å². The summed E-state index contributed by atoms with van der Waals surface area (Å²) in [5.41, 5.74) is 1.32. The summed E-state index contributed by atoms with van der Waals surface area (Å²) in [5, 5.41) is 1.73. The van der Waals surface area contributed by atoms with Crippen molar-refractivity contribution < 1.29 is 4.74 Å². The highest BCUT2D eigenvalue weighted by Gasteiger charge is 2.16. The molecule has 0 unspecified atom stereocenters. The molecule has 1 aromatic carbocycles. The number of rotatable bonds is 3. The van der Waals surface area contributed by atoms with Gasteiger partial charge >= 0.3 is 0 Å². The molecule has 0 aromatic heterocycles. The average molecular weight is 284 g/mol. The predicted octanol–water partition coefficient (Wildman–Crippen LogP) is 4.16. The molecule has 0 fully saturated rings. The fourth-order valence-electron chi connectivity index (χ4n) is 1.69. The molecule has 0 atom stereocenters. The molecule has 1 aromatic rings. The average Bonchev–Trinajstić information content (AvgIpc) is 2.79. The fraction of sp³-hybridized carbons (Fsp3) is 0.500. The van der Waals surface area contributed by atoms with Gasteiger partial charge in [0.2, 0.25) is 0 Å². The molecule has 2 nitrogen and oxygen atoms in total. The second-order valence-corrected chi connectivity index (χ2v) is 6.88. The minimum absolute atomic E-state index is 0.105. The van der Waals surface area contributed by atoms with Gasteiger partial charge in [-0.25, -0.2) is 0 Å². The molecule has 0 aliphatic carbocycles. The Kier molecular flexibility index (Phi) is 4.23. The Balaban J connectivity index is 2.05. The Morgan fingerprint density at radius 3 is 2.72 bits per heavy atom. The first-order chi connectivity index (χ1) is 8.47. The molecular weight excluding hydrogens is 266 g/mol. The Morgan fingerprint density at radius 2 is 2.17 bits per heavy atom. The summed E-state index contributed by atoms with van der Waals surface area (Å²) in [6.07, 6.45) is 0. The lowest BCUT2D eigenvalue weighted by Gasteiger charge is -2.20. The maximum Gasteiger partial charge on any atom is 0.138 e. The molecule has 0 N–H and O–H groups in total. The van der Waals surface area contributed by atoms with Gasteiger partial charge in [-0.3, -0.25) is 4.99 Å². The van der Waals surface area contributed by atoms with Crippen LogP contribution in [-0.4, -0.2) is 23.9 Å². The van der Waals surface area contributed by atoms with Crippen LogP contribution in [-0.2, 0) is 5.41 Å². The lowest BCUT2D eigenvalue weighted by atomic mass is 9.87. The van der Waals surface area contributed by atoms with Crippen molar-refractivity contribution in [3.05, 3.63) is 28.8 Å². The van der Waals surface area contributed by atoms with Crippen LogP contribution in [0.4, 0.5) is 0 Å². The van der Waals surface area contributed by atoms with Gasteiger partial charge in [0.25, 0.3) is 0 Å². The fourth-order valence-corrected chi connectivity index (χ4v) is 2.67. The molecule has 0 bridgehead atoms. The van der Waals surface area contributed by atoms with Gasteiger partial charge in [-0.05, 0) is 23.1 Å². The largest absolute Gasteiger partial charge is 0.485 e. The summed E-state index contributed by atoms with van der Waals surface area (Å²) in [5.74, 6) is 1.80. The van der Waals surface area contributed by atoms with E-state index in [1.807, 2.05) is 12.1 Å². The van der Waals surface area contributed by atoms with E-state index in [1.165, 1.54) is 5.56 Å². The third-order valence-electron chi connectivity index (χ3n) is 2.80. The van der Waals surface area contributed by atoms with E-state index in [-0.39, 0.29) is 5.41 Å². The van der Waals surface area contributed by atoms with E-state index < -0.39 is 0 Å². The lowest BCUT2D eigenvalue weighted by Crippen LogP contribution is -2.11. The zero-order valence-electron chi connectivity index (χ0n) is 11.0. The Bertz CT molecular complexity index is 465. The molecule has 1 aliphatic heterocycles. The predicted molar refractivity (Wildman–Crippen MR) is 80.4 cm³/mol. The third-order valence-corrected chi connectivity index (χ3v) is 4.06. The van der Waals surface area contributed by atoms with Gasteiger partial charge in [0.15, 0.2) is 0 Å². The first-order valence-electron chi connectivity index (χ1n) is 6.06. The zero-order chi connectivity index (χ0) is 13.2. The Labute approximate surface area is 118 Å². The summed E-state index contributed by atoms with van der Waals surface area (Å²) in [7, 11) is 0. The molecule has 4 heteroatoms. The van der Waals surface area contributed by atoms with Gasteiger partial charge in [0.1, 0.15) is 17.4 Å². The number of hydrogen-bond donors (Lipinski definition) is 0. The summed E-state index contributed by atoms with van der Waals surface area (Å²) < 4.78 is 5.70. The van der Waals surface area contributed by atoms with Gasteiger partial charge in [0.05, 0.1) is 5.02 Å². The molecule has 18 heavy (non-hydrogen) atoms.